The number of carbonyl (C=O) groups is 3. The Hall–Kier alpha value is -4.49. The lowest BCUT2D eigenvalue weighted by Crippen LogP contribution is -2.59. The zero-order valence-corrected chi connectivity index (χ0v) is 25.7. The number of hydrogen-bond donors (Lipinski definition) is 0. The van der Waals surface area contributed by atoms with Crippen LogP contribution in [0.3, 0.4) is 0 Å². The SMILES string of the molecule is COc1ccc(S(=O)(=O)N2C(=O)C(c3cc(C=O)ccc3OC)(N3CCC[C@H]3C(=O)N(C)C)c3cc(F)ccc32)c(OC)c1. The first-order chi connectivity index (χ1) is 21.0. The van der Waals surface area contributed by atoms with Gasteiger partial charge in [-0.15, -0.1) is 0 Å². The molecule has 0 aliphatic carbocycles. The molecule has 0 N–H and O–H groups in total. The van der Waals surface area contributed by atoms with Crippen LogP contribution in [-0.2, 0) is 25.2 Å². The third kappa shape index (κ3) is 4.58. The molecule has 2 amide bonds. The van der Waals surface area contributed by atoms with E-state index in [1.807, 2.05) is 0 Å². The molecule has 2 atom stereocenters. The highest BCUT2D eigenvalue weighted by Gasteiger charge is 2.63. The summed E-state index contributed by atoms with van der Waals surface area (Å²) < 4.78 is 61.1. The van der Waals surface area contributed by atoms with Crippen LogP contribution >= 0.6 is 0 Å². The summed E-state index contributed by atoms with van der Waals surface area (Å²) in [5.74, 6) is -1.67. The summed E-state index contributed by atoms with van der Waals surface area (Å²) in [6.07, 6.45) is 1.41. The zero-order valence-electron chi connectivity index (χ0n) is 24.9. The largest absolute Gasteiger partial charge is 0.497 e. The van der Waals surface area contributed by atoms with Crippen LogP contribution in [-0.4, -0.2) is 84.3 Å². The summed E-state index contributed by atoms with van der Waals surface area (Å²) >= 11 is 0. The summed E-state index contributed by atoms with van der Waals surface area (Å²) in [6, 6.07) is 10.9. The van der Waals surface area contributed by atoms with Crippen LogP contribution < -0.4 is 18.5 Å². The summed E-state index contributed by atoms with van der Waals surface area (Å²) in [5, 5.41) is 0. The van der Waals surface area contributed by atoms with Crippen LogP contribution in [0.25, 0.3) is 0 Å². The Bertz CT molecular complexity index is 1760. The average Bonchev–Trinajstić information content (AvgIpc) is 3.60. The molecule has 13 heteroatoms. The molecule has 1 unspecified atom stereocenters. The summed E-state index contributed by atoms with van der Waals surface area (Å²) in [4.78, 5) is 43.4. The number of methoxy groups -OCH3 is 3. The van der Waals surface area contributed by atoms with Crippen LogP contribution in [0.5, 0.6) is 17.2 Å². The Morgan fingerprint density at radius 1 is 0.977 bits per heavy atom. The third-order valence-electron chi connectivity index (χ3n) is 8.11. The standard InChI is InChI=1S/C31H32FN3O8S/c1-33(2)29(37)25-7-6-14-34(25)31(23-15-19(18-36)8-12-26(23)42-4)22-16-20(32)9-11-24(22)35(30(31)38)44(39,40)28-13-10-21(41-3)17-27(28)43-5/h8-13,15-18,25H,6-7,14H2,1-5H3/t25-,31?/m0/s1. The van der Waals surface area contributed by atoms with E-state index in [-0.39, 0.29) is 51.2 Å². The van der Waals surface area contributed by atoms with Crippen molar-refractivity contribution in [1.29, 1.82) is 0 Å². The van der Waals surface area contributed by atoms with Gasteiger partial charge in [0.05, 0.1) is 33.1 Å². The van der Waals surface area contributed by atoms with Gasteiger partial charge in [0.1, 0.15) is 34.2 Å². The maximum Gasteiger partial charge on any atom is 0.274 e. The van der Waals surface area contributed by atoms with E-state index in [2.05, 4.69) is 0 Å². The summed E-state index contributed by atoms with van der Waals surface area (Å²) in [5.41, 5.74) is -1.95. The molecular formula is C31H32FN3O8S. The number of ether oxygens (including phenoxy) is 3. The lowest BCUT2D eigenvalue weighted by atomic mass is 9.80. The predicted molar refractivity (Wildman–Crippen MR) is 158 cm³/mol. The topological polar surface area (TPSA) is 123 Å². The molecule has 2 aliphatic heterocycles. The van der Waals surface area contributed by atoms with Crippen molar-refractivity contribution in [2.75, 3.05) is 46.3 Å². The van der Waals surface area contributed by atoms with Gasteiger partial charge in [0.15, 0.2) is 5.54 Å². The van der Waals surface area contributed by atoms with Gasteiger partial charge in [0, 0.05) is 43.4 Å². The molecule has 11 nitrogen and oxygen atoms in total. The Kier molecular flexibility index (Phi) is 8.12. The predicted octanol–water partition coefficient (Wildman–Crippen LogP) is 3.20. The van der Waals surface area contributed by atoms with Crippen molar-refractivity contribution in [3.05, 3.63) is 77.1 Å². The number of fused-ring (bicyclic) bond motifs is 1. The van der Waals surface area contributed by atoms with Gasteiger partial charge < -0.3 is 19.1 Å². The molecule has 5 rings (SSSR count). The third-order valence-corrected chi connectivity index (χ3v) is 9.85. The molecule has 2 heterocycles. The first-order valence-electron chi connectivity index (χ1n) is 13.7. The molecule has 0 spiro atoms. The zero-order chi connectivity index (χ0) is 32.0. The van der Waals surface area contributed by atoms with Crippen molar-refractivity contribution in [3.63, 3.8) is 0 Å². The number of rotatable bonds is 9. The maximum absolute atomic E-state index is 15.2. The molecule has 0 bridgehead atoms. The number of hydrogen-bond acceptors (Lipinski definition) is 9. The molecule has 0 radical (unpaired) electrons. The number of nitrogens with zero attached hydrogens (tertiary/aromatic N) is 3. The average molecular weight is 626 g/mol. The molecule has 3 aromatic carbocycles. The highest BCUT2D eigenvalue weighted by Crippen LogP contribution is 2.55. The van der Waals surface area contributed by atoms with E-state index in [0.717, 1.165) is 12.1 Å². The number of aldehydes is 1. The molecule has 1 saturated heterocycles. The number of likely N-dealkylation sites (tertiary alicyclic amines) is 1. The number of benzene rings is 3. The van der Waals surface area contributed by atoms with Crippen molar-refractivity contribution >= 4 is 33.8 Å². The minimum Gasteiger partial charge on any atom is -0.497 e. The molecule has 44 heavy (non-hydrogen) atoms. The molecular weight excluding hydrogens is 593 g/mol. The van der Waals surface area contributed by atoms with E-state index < -0.39 is 33.3 Å². The van der Waals surface area contributed by atoms with E-state index in [0.29, 0.717) is 29.2 Å². The number of halogens is 1. The second kappa shape index (κ2) is 11.5. The number of carbonyl (C=O) groups excluding carboxylic acids is 3. The number of sulfonamides is 1. The number of likely N-dealkylation sites (N-methyl/N-ethyl adjacent to an activating group) is 1. The van der Waals surface area contributed by atoms with Gasteiger partial charge in [-0.25, -0.2) is 17.1 Å². The second-order valence-electron chi connectivity index (χ2n) is 10.6. The molecule has 2 aliphatic rings. The minimum atomic E-state index is -4.73. The highest BCUT2D eigenvalue weighted by molar-refractivity contribution is 7.93. The van der Waals surface area contributed by atoms with E-state index in [9.17, 15) is 18.0 Å². The van der Waals surface area contributed by atoms with Gasteiger partial charge in [0.25, 0.3) is 15.9 Å². The van der Waals surface area contributed by atoms with Crippen LogP contribution in [0.4, 0.5) is 10.1 Å². The smallest absolute Gasteiger partial charge is 0.274 e. The fourth-order valence-electron chi connectivity index (χ4n) is 6.17. The fraction of sp³-hybridized carbons (Fsp3) is 0.323. The Labute approximate surface area is 254 Å². The maximum atomic E-state index is 15.2. The quantitative estimate of drug-likeness (QED) is 0.330. The van der Waals surface area contributed by atoms with Crippen molar-refractivity contribution < 1.29 is 41.4 Å². The minimum absolute atomic E-state index is 0.0154. The lowest BCUT2D eigenvalue weighted by Gasteiger charge is -2.42. The van der Waals surface area contributed by atoms with Gasteiger partial charge in [-0.05, 0) is 61.4 Å². The van der Waals surface area contributed by atoms with Crippen LogP contribution in [0.2, 0.25) is 0 Å². The first-order valence-corrected chi connectivity index (χ1v) is 15.1. The Balaban J connectivity index is 1.88. The van der Waals surface area contributed by atoms with Gasteiger partial charge >= 0.3 is 0 Å². The number of amides is 2. The second-order valence-corrected chi connectivity index (χ2v) is 12.4. The van der Waals surface area contributed by atoms with Crippen molar-refractivity contribution in [1.82, 2.24) is 9.80 Å². The molecule has 232 valence electrons. The molecule has 0 saturated carbocycles. The van der Waals surface area contributed by atoms with Crippen LogP contribution in [0.1, 0.15) is 34.3 Å². The van der Waals surface area contributed by atoms with Gasteiger partial charge in [-0.2, -0.15) is 0 Å². The lowest BCUT2D eigenvalue weighted by molar-refractivity contribution is -0.138. The summed E-state index contributed by atoms with van der Waals surface area (Å²) in [6.45, 7) is 0.181. The first kappa shape index (κ1) is 31.0. The van der Waals surface area contributed by atoms with Crippen LogP contribution in [0, 0.1) is 5.82 Å². The molecule has 3 aromatic rings. The molecule has 1 fully saturated rings. The van der Waals surface area contributed by atoms with E-state index in [1.54, 1.807) is 19.0 Å². The van der Waals surface area contributed by atoms with E-state index in [1.165, 1.54) is 68.7 Å². The Morgan fingerprint density at radius 3 is 2.34 bits per heavy atom. The molecule has 0 aromatic heterocycles. The van der Waals surface area contributed by atoms with Crippen molar-refractivity contribution in [3.8, 4) is 17.2 Å². The monoisotopic (exact) mass is 625 g/mol. The van der Waals surface area contributed by atoms with Crippen LogP contribution in [0.15, 0.2) is 59.5 Å². The van der Waals surface area contributed by atoms with Crippen molar-refractivity contribution in [2.24, 2.45) is 0 Å². The van der Waals surface area contributed by atoms with E-state index in [4.69, 9.17) is 14.2 Å². The summed E-state index contributed by atoms with van der Waals surface area (Å²) in [7, 11) is 2.48. The van der Waals surface area contributed by atoms with Gasteiger partial charge in [0.2, 0.25) is 5.91 Å². The van der Waals surface area contributed by atoms with Gasteiger partial charge in [-0.1, -0.05) is 0 Å². The number of anilines is 1. The fourth-order valence-corrected chi connectivity index (χ4v) is 7.77. The van der Waals surface area contributed by atoms with E-state index >= 15 is 9.18 Å². The van der Waals surface area contributed by atoms with Crippen molar-refractivity contribution in [2.45, 2.75) is 29.3 Å². The Morgan fingerprint density at radius 2 is 1.70 bits per heavy atom. The van der Waals surface area contributed by atoms with Gasteiger partial charge in [-0.3, -0.25) is 19.3 Å². The highest BCUT2D eigenvalue weighted by atomic mass is 32.2. The normalized spacial score (nSPS) is 19.9.